The summed E-state index contributed by atoms with van der Waals surface area (Å²) in [5.74, 6) is -1.17. The van der Waals surface area contributed by atoms with Gasteiger partial charge in [-0.25, -0.2) is 0 Å². The lowest BCUT2D eigenvalue weighted by Crippen LogP contribution is -2.26. The van der Waals surface area contributed by atoms with Gasteiger partial charge >= 0.3 is 5.97 Å². The molecule has 5 nitrogen and oxygen atoms in total. The summed E-state index contributed by atoms with van der Waals surface area (Å²) < 4.78 is 0. The van der Waals surface area contributed by atoms with Crippen molar-refractivity contribution in [1.29, 1.82) is 0 Å². The van der Waals surface area contributed by atoms with E-state index in [4.69, 9.17) is 5.11 Å². The summed E-state index contributed by atoms with van der Waals surface area (Å²) in [4.78, 5) is 23.0. The molecule has 31 heavy (non-hydrogen) atoms. The zero-order valence-electron chi connectivity index (χ0n) is 19.6. The van der Waals surface area contributed by atoms with Gasteiger partial charge in [0.25, 0.3) is 0 Å². The number of aliphatic carboxylic acids is 1. The van der Waals surface area contributed by atoms with Crippen LogP contribution in [0.5, 0.6) is 0 Å². The van der Waals surface area contributed by atoms with Crippen molar-refractivity contribution in [3.8, 4) is 11.1 Å². The smallest absolute Gasteiger partial charge is 0.305 e. The van der Waals surface area contributed by atoms with Crippen LogP contribution < -0.4 is 10.6 Å². The fourth-order valence-electron chi connectivity index (χ4n) is 3.76. The highest BCUT2D eigenvalue weighted by atomic mass is 16.4. The number of carboxylic acid groups (broad SMARTS) is 1. The molecule has 0 saturated heterocycles. The maximum Gasteiger partial charge on any atom is 0.305 e. The molecular formula is C26H34N2O3. The Bertz CT molecular complexity index is 973. The zero-order valence-corrected chi connectivity index (χ0v) is 19.6. The summed E-state index contributed by atoms with van der Waals surface area (Å²) in [5, 5.41) is 14.8. The minimum Gasteiger partial charge on any atom is -0.481 e. The Hall–Kier alpha value is -3.08. The van der Waals surface area contributed by atoms with Gasteiger partial charge < -0.3 is 15.7 Å². The van der Waals surface area contributed by atoms with Crippen LogP contribution in [0.1, 0.15) is 55.0 Å². The number of carboxylic acids is 1. The standard InChI is InChI=1S/C26H34N2O3/c1-15(2)28-22-10-8-21(9-11-22)25-19(6)17(4)23(18(5)20(25)7)14-16(3)26(31)27-13-12-24(29)30/h8-11,14-15,28H,12-13H2,1-7H3,(H,27,31)(H,29,30). The second-order valence-corrected chi connectivity index (χ2v) is 8.39. The molecule has 2 aromatic rings. The van der Waals surface area contributed by atoms with E-state index in [2.05, 4.69) is 76.4 Å². The molecule has 0 aliphatic heterocycles. The molecule has 0 bridgehead atoms. The first-order valence-corrected chi connectivity index (χ1v) is 10.7. The highest BCUT2D eigenvalue weighted by molar-refractivity contribution is 5.98. The molecular weight excluding hydrogens is 388 g/mol. The first kappa shape index (κ1) is 24.2. The summed E-state index contributed by atoms with van der Waals surface area (Å²) in [6.07, 6.45) is 1.82. The van der Waals surface area contributed by atoms with Crippen molar-refractivity contribution in [2.45, 2.75) is 60.9 Å². The van der Waals surface area contributed by atoms with Crippen LogP contribution in [-0.4, -0.2) is 29.6 Å². The van der Waals surface area contributed by atoms with E-state index in [-0.39, 0.29) is 18.9 Å². The number of rotatable bonds is 8. The highest BCUT2D eigenvalue weighted by Gasteiger charge is 2.16. The second-order valence-electron chi connectivity index (χ2n) is 8.39. The van der Waals surface area contributed by atoms with E-state index in [1.54, 1.807) is 6.92 Å². The molecule has 0 fully saturated rings. The summed E-state index contributed by atoms with van der Waals surface area (Å²) in [7, 11) is 0. The Labute approximate surface area is 185 Å². The summed E-state index contributed by atoms with van der Waals surface area (Å²) in [6, 6.07) is 8.90. The number of hydrogen-bond acceptors (Lipinski definition) is 3. The van der Waals surface area contributed by atoms with E-state index in [9.17, 15) is 9.59 Å². The number of carbonyl (C=O) groups is 2. The number of amides is 1. The first-order valence-electron chi connectivity index (χ1n) is 10.7. The molecule has 166 valence electrons. The Balaban J connectivity index is 2.39. The molecule has 0 saturated carbocycles. The van der Waals surface area contributed by atoms with Crippen molar-refractivity contribution in [3.05, 3.63) is 57.7 Å². The van der Waals surface area contributed by atoms with Gasteiger partial charge in [0.15, 0.2) is 0 Å². The molecule has 2 rings (SSSR count). The summed E-state index contributed by atoms with van der Waals surface area (Å²) >= 11 is 0. The Kier molecular flexibility index (Phi) is 8.03. The van der Waals surface area contributed by atoms with E-state index in [1.807, 2.05) is 6.08 Å². The molecule has 0 radical (unpaired) electrons. The van der Waals surface area contributed by atoms with Gasteiger partial charge in [-0.15, -0.1) is 0 Å². The van der Waals surface area contributed by atoms with Crippen molar-refractivity contribution in [2.75, 3.05) is 11.9 Å². The van der Waals surface area contributed by atoms with Gasteiger partial charge in [0, 0.05) is 23.8 Å². The average molecular weight is 423 g/mol. The lowest BCUT2D eigenvalue weighted by Gasteiger charge is -2.20. The topological polar surface area (TPSA) is 78.4 Å². The van der Waals surface area contributed by atoms with Gasteiger partial charge in [-0.2, -0.15) is 0 Å². The van der Waals surface area contributed by atoms with Gasteiger partial charge in [-0.1, -0.05) is 12.1 Å². The molecule has 3 N–H and O–H groups in total. The number of nitrogens with one attached hydrogen (secondary N) is 2. The third-order valence-corrected chi connectivity index (χ3v) is 5.66. The van der Waals surface area contributed by atoms with Gasteiger partial charge in [0.1, 0.15) is 0 Å². The molecule has 0 aromatic heterocycles. The maximum atomic E-state index is 12.3. The number of benzene rings is 2. The molecule has 0 atom stereocenters. The van der Waals surface area contributed by atoms with E-state index in [0.717, 1.165) is 22.4 Å². The van der Waals surface area contributed by atoms with E-state index in [1.165, 1.54) is 22.3 Å². The summed E-state index contributed by atoms with van der Waals surface area (Å²) in [5.41, 5.74) is 9.78. The molecule has 0 heterocycles. The third kappa shape index (κ3) is 5.97. The lowest BCUT2D eigenvalue weighted by molar-refractivity contribution is -0.136. The largest absolute Gasteiger partial charge is 0.481 e. The third-order valence-electron chi connectivity index (χ3n) is 5.66. The molecule has 2 aromatic carbocycles. The second kappa shape index (κ2) is 10.3. The van der Waals surface area contributed by atoms with Gasteiger partial charge in [-0.05, 0) is 106 Å². The monoisotopic (exact) mass is 422 g/mol. The van der Waals surface area contributed by atoms with Crippen molar-refractivity contribution in [1.82, 2.24) is 5.32 Å². The fraction of sp³-hybridized carbons (Fsp3) is 0.385. The van der Waals surface area contributed by atoms with Crippen LogP contribution in [0.3, 0.4) is 0 Å². The predicted octanol–water partition coefficient (Wildman–Crippen LogP) is 5.40. The van der Waals surface area contributed by atoms with Crippen molar-refractivity contribution >= 4 is 23.6 Å². The van der Waals surface area contributed by atoms with Gasteiger partial charge in [0.05, 0.1) is 6.42 Å². The van der Waals surface area contributed by atoms with E-state index in [0.29, 0.717) is 11.6 Å². The normalized spacial score (nSPS) is 11.5. The summed E-state index contributed by atoms with van der Waals surface area (Å²) in [6.45, 7) is 14.5. The zero-order chi connectivity index (χ0) is 23.3. The number of hydrogen-bond donors (Lipinski definition) is 3. The molecule has 1 amide bonds. The molecule has 0 spiro atoms. The van der Waals surface area contributed by atoms with E-state index < -0.39 is 5.97 Å². The highest BCUT2D eigenvalue weighted by Crippen LogP contribution is 2.35. The first-order chi connectivity index (χ1) is 14.5. The number of carbonyl (C=O) groups excluding carboxylic acids is 1. The Morgan fingerprint density at radius 1 is 0.968 bits per heavy atom. The minimum atomic E-state index is -0.927. The van der Waals surface area contributed by atoms with E-state index >= 15 is 0 Å². The lowest BCUT2D eigenvalue weighted by atomic mass is 9.85. The van der Waals surface area contributed by atoms with Crippen molar-refractivity contribution in [2.24, 2.45) is 0 Å². The Morgan fingerprint density at radius 3 is 2.00 bits per heavy atom. The predicted molar refractivity (Wildman–Crippen MR) is 128 cm³/mol. The molecule has 0 unspecified atom stereocenters. The average Bonchev–Trinajstić information content (AvgIpc) is 2.70. The van der Waals surface area contributed by atoms with Crippen LogP contribution in [0, 0.1) is 27.7 Å². The van der Waals surface area contributed by atoms with Crippen LogP contribution in [-0.2, 0) is 9.59 Å². The van der Waals surface area contributed by atoms with Crippen molar-refractivity contribution in [3.63, 3.8) is 0 Å². The fourth-order valence-corrected chi connectivity index (χ4v) is 3.76. The quantitative estimate of drug-likeness (QED) is 0.498. The van der Waals surface area contributed by atoms with Crippen LogP contribution in [0.15, 0.2) is 29.8 Å². The molecule has 0 aliphatic carbocycles. The van der Waals surface area contributed by atoms with Gasteiger partial charge in [0.2, 0.25) is 5.91 Å². The van der Waals surface area contributed by atoms with Gasteiger partial charge in [-0.3, -0.25) is 9.59 Å². The maximum absolute atomic E-state index is 12.3. The van der Waals surface area contributed by atoms with Crippen molar-refractivity contribution < 1.29 is 14.7 Å². The van der Waals surface area contributed by atoms with Crippen LogP contribution in [0.4, 0.5) is 5.69 Å². The van der Waals surface area contributed by atoms with Crippen LogP contribution in [0.25, 0.3) is 17.2 Å². The molecule has 0 aliphatic rings. The van der Waals surface area contributed by atoms with Crippen LogP contribution in [0.2, 0.25) is 0 Å². The SMILES string of the molecule is CC(=Cc1c(C)c(C)c(-c2ccc(NC(C)C)cc2)c(C)c1C)C(=O)NCCC(=O)O. The van der Waals surface area contributed by atoms with Crippen LogP contribution >= 0.6 is 0 Å². The molecule has 5 heteroatoms. The Morgan fingerprint density at radius 2 is 1.52 bits per heavy atom. The number of anilines is 1. The minimum absolute atomic E-state index is 0.0878.